The van der Waals surface area contributed by atoms with Gasteiger partial charge in [-0.1, -0.05) is 0 Å². The molecule has 9 heteroatoms. The van der Waals surface area contributed by atoms with Crippen molar-refractivity contribution in [3.63, 3.8) is 0 Å². The number of carbonyl (C=O) groups excluding carboxylic acids is 1. The Morgan fingerprint density at radius 1 is 1.31 bits per heavy atom. The van der Waals surface area contributed by atoms with E-state index in [-0.39, 0.29) is 0 Å². The van der Waals surface area contributed by atoms with Crippen molar-refractivity contribution < 1.29 is 33.0 Å². The number of hydrogen-bond acceptors (Lipinski definition) is 3. The van der Waals surface area contributed by atoms with Crippen LogP contribution in [0.1, 0.15) is 6.42 Å². The number of rotatable bonds is 5. The number of halogens is 3. The van der Waals surface area contributed by atoms with E-state index in [0.717, 1.165) is 0 Å². The maximum atomic E-state index is 11.7. The largest absolute Gasteiger partial charge is 0.480 e. The molecule has 4 N–H and O–H groups in total. The summed E-state index contributed by atoms with van der Waals surface area (Å²) in [6, 6.07) is -2.61. The smallest absolute Gasteiger partial charge is 0.390 e. The molecule has 0 aliphatic carbocycles. The number of urea groups is 1. The van der Waals surface area contributed by atoms with Crippen LogP contribution in [-0.2, 0) is 4.79 Å². The predicted molar refractivity (Wildman–Crippen MR) is 45.7 cm³/mol. The minimum absolute atomic E-state index is 0.660. The molecule has 0 aliphatic rings. The van der Waals surface area contributed by atoms with Crippen molar-refractivity contribution in [3.05, 3.63) is 0 Å². The van der Waals surface area contributed by atoms with Crippen LogP contribution < -0.4 is 10.6 Å². The van der Waals surface area contributed by atoms with E-state index in [1.807, 2.05) is 5.32 Å². The molecule has 0 heterocycles. The van der Waals surface area contributed by atoms with Gasteiger partial charge in [0.25, 0.3) is 0 Å². The summed E-state index contributed by atoms with van der Waals surface area (Å²) in [6.07, 6.45) is -5.60. The normalized spacial score (nSPS) is 13.0. The molecule has 0 aromatic carbocycles. The lowest BCUT2D eigenvalue weighted by atomic mass is 10.3. The molecule has 1 unspecified atom stereocenters. The van der Waals surface area contributed by atoms with Crippen LogP contribution in [-0.4, -0.2) is 47.6 Å². The summed E-state index contributed by atoms with van der Waals surface area (Å²) in [5.41, 5.74) is 0. The molecule has 0 aromatic rings. The third-order valence-corrected chi connectivity index (χ3v) is 1.48. The predicted octanol–water partition coefficient (Wildman–Crippen LogP) is -0.316. The van der Waals surface area contributed by atoms with Crippen molar-refractivity contribution in [1.29, 1.82) is 0 Å². The number of hydrogen-bond donors (Lipinski definition) is 4. The van der Waals surface area contributed by atoms with Gasteiger partial charge in [0.15, 0.2) is 6.04 Å². The van der Waals surface area contributed by atoms with E-state index >= 15 is 0 Å². The minimum atomic E-state index is -4.39. The van der Waals surface area contributed by atoms with Crippen LogP contribution in [0.2, 0.25) is 0 Å². The Morgan fingerprint density at radius 2 is 1.88 bits per heavy atom. The molecule has 0 bridgehead atoms. The SMILES string of the molecule is O=C(NCCC(F)(F)F)NC(CO)C(=O)O. The molecule has 0 rings (SSSR count). The van der Waals surface area contributed by atoms with E-state index in [2.05, 4.69) is 0 Å². The van der Waals surface area contributed by atoms with Gasteiger partial charge in [-0.3, -0.25) is 0 Å². The first-order valence-electron chi connectivity index (χ1n) is 4.21. The number of aliphatic hydroxyl groups is 1. The van der Waals surface area contributed by atoms with Crippen molar-refractivity contribution in [3.8, 4) is 0 Å². The van der Waals surface area contributed by atoms with E-state index in [1.165, 1.54) is 0 Å². The Labute approximate surface area is 88.4 Å². The number of carboxylic acids is 1. The Morgan fingerprint density at radius 3 is 2.25 bits per heavy atom. The van der Waals surface area contributed by atoms with Gasteiger partial charge in [-0.25, -0.2) is 9.59 Å². The standard InChI is InChI=1S/C7H11F3N2O4/c8-7(9,10)1-2-11-6(16)12-4(3-13)5(14)15/h4,13H,1-3H2,(H,14,15)(H2,11,12,16). The highest BCUT2D eigenvalue weighted by atomic mass is 19.4. The maximum absolute atomic E-state index is 11.7. The first-order valence-corrected chi connectivity index (χ1v) is 4.21. The first-order chi connectivity index (χ1) is 7.26. The summed E-state index contributed by atoms with van der Waals surface area (Å²) in [4.78, 5) is 21.2. The highest BCUT2D eigenvalue weighted by Gasteiger charge is 2.27. The molecule has 2 amide bonds. The average molecular weight is 244 g/mol. The van der Waals surface area contributed by atoms with Gasteiger partial charge in [-0.05, 0) is 0 Å². The zero-order valence-corrected chi connectivity index (χ0v) is 8.04. The van der Waals surface area contributed by atoms with Crippen LogP contribution >= 0.6 is 0 Å². The van der Waals surface area contributed by atoms with Crippen LogP contribution in [0.15, 0.2) is 0 Å². The Hall–Kier alpha value is -1.51. The fourth-order valence-corrected chi connectivity index (χ4v) is 0.713. The van der Waals surface area contributed by atoms with Crippen LogP contribution in [0.3, 0.4) is 0 Å². The van der Waals surface area contributed by atoms with Gasteiger partial charge in [0.05, 0.1) is 13.0 Å². The Bertz CT molecular complexity index is 257. The van der Waals surface area contributed by atoms with Crippen molar-refractivity contribution in [1.82, 2.24) is 10.6 Å². The lowest BCUT2D eigenvalue weighted by molar-refractivity contribution is -0.140. The van der Waals surface area contributed by atoms with Gasteiger partial charge < -0.3 is 20.8 Å². The summed E-state index contributed by atoms with van der Waals surface area (Å²) < 4.78 is 35.0. The minimum Gasteiger partial charge on any atom is -0.480 e. The Kier molecular flexibility index (Phi) is 5.57. The summed E-state index contributed by atoms with van der Waals surface area (Å²) >= 11 is 0. The average Bonchev–Trinajstić information content (AvgIpc) is 2.11. The molecular formula is C7H11F3N2O4. The van der Waals surface area contributed by atoms with Crippen LogP contribution in [0.25, 0.3) is 0 Å². The molecule has 1 atom stereocenters. The van der Waals surface area contributed by atoms with E-state index in [4.69, 9.17) is 10.2 Å². The molecule has 94 valence electrons. The van der Waals surface area contributed by atoms with E-state index in [0.29, 0.717) is 0 Å². The molecule has 0 aromatic heterocycles. The molecule has 0 aliphatic heterocycles. The fraction of sp³-hybridized carbons (Fsp3) is 0.714. The van der Waals surface area contributed by atoms with Gasteiger partial charge in [0.1, 0.15) is 0 Å². The van der Waals surface area contributed by atoms with Crippen LogP contribution in [0.4, 0.5) is 18.0 Å². The van der Waals surface area contributed by atoms with E-state index in [9.17, 15) is 22.8 Å². The number of alkyl halides is 3. The third kappa shape index (κ3) is 6.87. The number of carbonyl (C=O) groups is 2. The summed E-state index contributed by atoms with van der Waals surface area (Å²) in [6.45, 7) is -1.50. The molecule has 0 spiro atoms. The van der Waals surface area contributed by atoms with Gasteiger partial charge in [0.2, 0.25) is 0 Å². The van der Waals surface area contributed by atoms with Crippen molar-refractivity contribution in [2.24, 2.45) is 0 Å². The van der Waals surface area contributed by atoms with Crippen LogP contribution in [0.5, 0.6) is 0 Å². The van der Waals surface area contributed by atoms with Crippen LogP contribution in [0, 0.1) is 0 Å². The number of carboxylic acid groups (broad SMARTS) is 1. The number of amides is 2. The second-order valence-electron chi connectivity index (χ2n) is 2.84. The lowest BCUT2D eigenvalue weighted by Crippen LogP contribution is -2.48. The van der Waals surface area contributed by atoms with Gasteiger partial charge in [-0.15, -0.1) is 0 Å². The molecule has 16 heavy (non-hydrogen) atoms. The van der Waals surface area contributed by atoms with Crippen molar-refractivity contribution in [2.45, 2.75) is 18.6 Å². The second-order valence-corrected chi connectivity index (χ2v) is 2.84. The maximum Gasteiger partial charge on any atom is 0.390 e. The zero-order valence-electron chi connectivity index (χ0n) is 8.04. The molecule has 0 radical (unpaired) electrons. The van der Waals surface area contributed by atoms with Gasteiger partial charge >= 0.3 is 18.2 Å². The van der Waals surface area contributed by atoms with E-state index in [1.54, 1.807) is 5.32 Å². The summed E-state index contributed by atoms with van der Waals surface area (Å²) in [7, 11) is 0. The third-order valence-electron chi connectivity index (χ3n) is 1.48. The molecular weight excluding hydrogens is 233 g/mol. The summed E-state index contributed by atoms with van der Waals surface area (Å²) in [5.74, 6) is -1.48. The second kappa shape index (κ2) is 6.16. The highest BCUT2D eigenvalue weighted by Crippen LogP contribution is 2.17. The summed E-state index contributed by atoms with van der Waals surface area (Å²) in [5, 5.41) is 20.5. The van der Waals surface area contributed by atoms with Crippen molar-refractivity contribution in [2.75, 3.05) is 13.2 Å². The molecule has 6 nitrogen and oxygen atoms in total. The van der Waals surface area contributed by atoms with E-state index < -0.39 is 43.8 Å². The molecule has 0 saturated carbocycles. The number of nitrogens with one attached hydrogen (secondary N) is 2. The van der Waals surface area contributed by atoms with Gasteiger partial charge in [-0.2, -0.15) is 13.2 Å². The topological polar surface area (TPSA) is 98.7 Å². The zero-order chi connectivity index (χ0) is 12.8. The Balaban J connectivity index is 3.86. The monoisotopic (exact) mass is 244 g/mol. The first kappa shape index (κ1) is 14.5. The molecule has 0 fully saturated rings. The van der Waals surface area contributed by atoms with Gasteiger partial charge in [0, 0.05) is 6.54 Å². The lowest BCUT2D eigenvalue weighted by Gasteiger charge is -2.13. The van der Waals surface area contributed by atoms with Crippen molar-refractivity contribution >= 4 is 12.0 Å². The quantitative estimate of drug-likeness (QED) is 0.532. The number of aliphatic hydroxyl groups excluding tert-OH is 1. The highest BCUT2D eigenvalue weighted by molar-refractivity contribution is 5.82. The number of aliphatic carboxylic acids is 1. The fourth-order valence-electron chi connectivity index (χ4n) is 0.713. The molecule has 0 saturated heterocycles.